The fraction of sp³-hybridized carbons (Fsp3) is 0. The van der Waals surface area contributed by atoms with Crippen LogP contribution in [0.2, 0.25) is 5.02 Å². The van der Waals surface area contributed by atoms with Gasteiger partial charge in [-0.3, -0.25) is 14.8 Å². The Morgan fingerprint density at radius 1 is 1.16 bits per heavy atom. The molecule has 0 aliphatic rings. The Kier molecular flexibility index (Phi) is 4.71. The number of nitrogens with zero attached hydrogens (tertiary/aromatic N) is 2. The number of anilines is 1. The minimum atomic E-state index is -3.82. The minimum absolute atomic E-state index is 0.0205. The predicted octanol–water partition coefficient (Wildman–Crippen LogP) is 4.17. The second-order valence-electron chi connectivity index (χ2n) is 4.91. The fourth-order valence-electron chi connectivity index (χ4n) is 2.04. The summed E-state index contributed by atoms with van der Waals surface area (Å²) in [5.74, 6) is 0. The van der Waals surface area contributed by atoms with Gasteiger partial charge in [0.1, 0.15) is 0 Å². The lowest BCUT2D eigenvalue weighted by atomic mass is 10.1. The van der Waals surface area contributed by atoms with Crippen molar-refractivity contribution in [2.45, 2.75) is 4.90 Å². The van der Waals surface area contributed by atoms with Gasteiger partial charge in [0.05, 0.1) is 15.5 Å². The van der Waals surface area contributed by atoms with Gasteiger partial charge < -0.3 is 0 Å². The predicted molar refractivity (Wildman–Crippen MR) is 96.5 cm³/mol. The topological polar surface area (TPSA) is 102 Å². The summed E-state index contributed by atoms with van der Waals surface area (Å²) in [5.41, 5.74) is 0.905. The Labute approximate surface area is 152 Å². The van der Waals surface area contributed by atoms with Crippen molar-refractivity contribution in [3.63, 3.8) is 0 Å². The second-order valence-corrected chi connectivity index (χ2v) is 7.89. The van der Waals surface area contributed by atoms with Gasteiger partial charge in [-0.25, -0.2) is 13.4 Å². The average Bonchev–Trinajstić information content (AvgIpc) is 3.03. The zero-order valence-electron chi connectivity index (χ0n) is 12.4. The van der Waals surface area contributed by atoms with Crippen LogP contribution in [0.25, 0.3) is 11.3 Å². The van der Waals surface area contributed by atoms with E-state index in [2.05, 4.69) is 9.71 Å². The Hall–Kier alpha value is -2.49. The lowest BCUT2D eigenvalue weighted by Crippen LogP contribution is -2.12. The van der Waals surface area contributed by atoms with Gasteiger partial charge in [-0.15, -0.1) is 11.3 Å². The molecule has 1 heterocycles. The number of non-ortho nitro benzene ring substituents is 1. The Bertz CT molecular complexity index is 1050. The molecule has 2 aromatic carbocycles. The number of halogens is 1. The minimum Gasteiger partial charge on any atom is -0.258 e. The monoisotopic (exact) mass is 395 g/mol. The summed E-state index contributed by atoms with van der Waals surface area (Å²) in [6.45, 7) is 0. The molecule has 128 valence electrons. The smallest absolute Gasteiger partial charge is 0.258 e. The van der Waals surface area contributed by atoms with Crippen LogP contribution in [0, 0.1) is 10.1 Å². The van der Waals surface area contributed by atoms with E-state index in [9.17, 15) is 18.5 Å². The Morgan fingerprint density at radius 2 is 1.92 bits per heavy atom. The molecule has 1 aromatic heterocycles. The molecule has 0 aliphatic carbocycles. The summed E-state index contributed by atoms with van der Waals surface area (Å²) in [4.78, 5) is 14.6. The Balaban J connectivity index is 1.87. The number of sulfonamides is 1. The second kappa shape index (κ2) is 6.79. The SMILES string of the molecule is O=[N+]([O-])c1cccc(-c2csc(NS(=O)(=O)c3cccc(Cl)c3)n2)c1. The first-order valence-corrected chi connectivity index (χ1v) is 9.58. The van der Waals surface area contributed by atoms with Gasteiger partial charge in [-0.2, -0.15) is 0 Å². The summed E-state index contributed by atoms with van der Waals surface area (Å²) >= 11 is 6.90. The number of benzene rings is 2. The van der Waals surface area contributed by atoms with Crippen molar-refractivity contribution in [3.8, 4) is 11.3 Å². The lowest BCUT2D eigenvalue weighted by molar-refractivity contribution is -0.384. The summed E-state index contributed by atoms with van der Waals surface area (Å²) in [5, 5.41) is 12.9. The molecule has 0 fully saturated rings. The molecule has 10 heteroatoms. The molecule has 0 spiro atoms. The van der Waals surface area contributed by atoms with Gasteiger partial charge >= 0.3 is 0 Å². The number of nitro groups is 1. The van der Waals surface area contributed by atoms with E-state index in [4.69, 9.17) is 11.6 Å². The van der Waals surface area contributed by atoms with Crippen LogP contribution in [0.1, 0.15) is 0 Å². The van der Waals surface area contributed by atoms with E-state index in [1.165, 1.54) is 30.3 Å². The number of nitrogens with one attached hydrogen (secondary N) is 1. The highest BCUT2D eigenvalue weighted by Crippen LogP contribution is 2.29. The number of nitro benzene ring substituents is 1. The average molecular weight is 396 g/mol. The molecule has 0 bridgehead atoms. The molecule has 0 amide bonds. The molecule has 0 unspecified atom stereocenters. The van der Waals surface area contributed by atoms with Crippen molar-refractivity contribution in [3.05, 3.63) is 69.0 Å². The molecule has 0 saturated carbocycles. The molecule has 0 saturated heterocycles. The number of thiazole rings is 1. The standard InChI is InChI=1S/C15H10ClN3O4S2/c16-11-4-2-6-13(8-11)25(22,23)18-15-17-14(9-24-15)10-3-1-5-12(7-10)19(20)21/h1-9H,(H,17,18). The zero-order chi connectivity index (χ0) is 18.0. The molecule has 0 atom stereocenters. The van der Waals surface area contributed by atoms with Crippen molar-refractivity contribution in [2.75, 3.05) is 4.72 Å². The molecule has 0 aliphatic heterocycles. The van der Waals surface area contributed by atoms with Crippen LogP contribution in [0.3, 0.4) is 0 Å². The van der Waals surface area contributed by atoms with Gasteiger partial charge in [0.15, 0.2) is 5.13 Å². The van der Waals surface area contributed by atoms with Crippen LogP contribution in [-0.4, -0.2) is 18.3 Å². The van der Waals surface area contributed by atoms with E-state index in [-0.39, 0.29) is 15.7 Å². The van der Waals surface area contributed by atoms with Gasteiger partial charge in [-0.1, -0.05) is 29.8 Å². The third kappa shape index (κ3) is 3.95. The van der Waals surface area contributed by atoms with Gasteiger partial charge in [0, 0.05) is 28.1 Å². The molecular formula is C15H10ClN3O4S2. The lowest BCUT2D eigenvalue weighted by Gasteiger charge is -2.05. The first-order valence-electron chi connectivity index (χ1n) is 6.84. The molecule has 3 aromatic rings. The molecule has 0 radical (unpaired) electrons. The van der Waals surface area contributed by atoms with E-state index in [0.717, 1.165) is 11.3 Å². The van der Waals surface area contributed by atoms with Crippen LogP contribution in [0.15, 0.2) is 58.8 Å². The van der Waals surface area contributed by atoms with Crippen LogP contribution in [0.5, 0.6) is 0 Å². The number of hydrogen-bond donors (Lipinski definition) is 1. The summed E-state index contributed by atoms with van der Waals surface area (Å²) in [6, 6.07) is 11.8. The van der Waals surface area contributed by atoms with Crippen molar-refractivity contribution in [2.24, 2.45) is 0 Å². The molecular weight excluding hydrogens is 386 g/mol. The third-order valence-corrected chi connectivity index (χ3v) is 5.64. The van der Waals surface area contributed by atoms with Gasteiger partial charge in [-0.05, 0) is 18.2 Å². The number of rotatable bonds is 5. The van der Waals surface area contributed by atoms with E-state index in [1.807, 2.05) is 0 Å². The van der Waals surface area contributed by atoms with Crippen molar-refractivity contribution < 1.29 is 13.3 Å². The highest BCUT2D eigenvalue weighted by atomic mass is 35.5. The van der Waals surface area contributed by atoms with Crippen LogP contribution >= 0.6 is 22.9 Å². The normalized spacial score (nSPS) is 11.2. The number of hydrogen-bond acceptors (Lipinski definition) is 6. The summed E-state index contributed by atoms with van der Waals surface area (Å²) in [7, 11) is -3.82. The first kappa shape index (κ1) is 17.3. The van der Waals surface area contributed by atoms with Gasteiger partial charge in [0.2, 0.25) is 0 Å². The van der Waals surface area contributed by atoms with Crippen LogP contribution < -0.4 is 4.72 Å². The van der Waals surface area contributed by atoms with Crippen molar-refractivity contribution in [1.82, 2.24) is 4.98 Å². The maximum absolute atomic E-state index is 12.4. The van der Waals surface area contributed by atoms with E-state index in [1.54, 1.807) is 23.6 Å². The van der Waals surface area contributed by atoms with Crippen molar-refractivity contribution >= 4 is 43.8 Å². The summed E-state index contributed by atoms with van der Waals surface area (Å²) in [6.07, 6.45) is 0. The highest BCUT2D eigenvalue weighted by molar-refractivity contribution is 7.93. The fourth-order valence-corrected chi connectivity index (χ4v) is 4.31. The third-order valence-electron chi connectivity index (χ3n) is 3.18. The maximum Gasteiger partial charge on any atom is 0.270 e. The van der Waals surface area contributed by atoms with Crippen LogP contribution in [0.4, 0.5) is 10.8 Å². The van der Waals surface area contributed by atoms with E-state index in [0.29, 0.717) is 16.3 Å². The quantitative estimate of drug-likeness (QED) is 0.515. The molecule has 1 N–H and O–H groups in total. The summed E-state index contributed by atoms with van der Waals surface area (Å²) < 4.78 is 27.1. The van der Waals surface area contributed by atoms with E-state index >= 15 is 0 Å². The first-order chi connectivity index (χ1) is 11.8. The largest absolute Gasteiger partial charge is 0.270 e. The van der Waals surface area contributed by atoms with Gasteiger partial charge in [0.25, 0.3) is 15.7 Å². The maximum atomic E-state index is 12.4. The van der Waals surface area contributed by atoms with E-state index < -0.39 is 14.9 Å². The molecule has 7 nitrogen and oxygen atoms in total. The number of aromatic nitrogens is 1. The van der Waals surface area contributed by atoms with Crippen LogP contribution in [-0.2, 0) is 10.0 Å². The molecule has 25 heavy (non-hydrogen) atoms. The molecule has 3 rings (SSSR count). The zero-order valence-corrected chi connectivity index (χ0v) is 14.8. The van der Waals surface area contributed by atoms with Crippen molar-refractivity contribution in [1.29, 1.82) is 0 Å². The Morgan fingerprint density at radius 3 is 2.64 bits per heavy atom. The highest BCUT2D eigenvalue weighted by Gasteiger charge is 2.17.